The van der Waals surface area contributed by atoms with Crippen LogP contribution in [-0.4, -0.2) is 24.7 Å². The molecular formula is C18H22N4O2S. The molecular weight excluding hydrogens is 336 g/mol. The predicted molar refractivity (Wildman–Crippen MR) is 105 cm³/mol. The first-order chi connectivity index (χ1) is 12.1. The Hall–Kier alpha value is -2.80. The molecule has 0 bridgehead atoms. The van der Waals surface area contributed by atoms with E-state index in [0.717, 1.165) is 17.8 Å². The van der Waals surface area contributed by atoms with Crippen LogP contribution in [0.25, 0.3) is 0 Å². The number of thiocarbonyl (C=S) groups is 1. The van der Waals surface area contributed by atoms with Crippen molar-refractivity contribution in [2.24, 2.45) is 0 Å². The van der Waals surface area contributed by atoms with Gasteiger partial charge < -0.3 is 15.4 Å². The first-order valence-electron chi connectivity index (χ1n) is 7.94. The van der Waals surface area contributed by atoms with E-state index in [-0.39, 0.29) is 12.5 Å². The molecule has 132 valence electrons. The van der Waals surface area contributed by atoms with E-state index in [1.807, 2.05) is 48.5 Å². The molecule has 0 saturated heterocycles. The first kappa shape index (κ1) is 18.5. The van der Waals surface area contributed by atoms with Crippen molar-refractivity contribution in [3.8, 4) is 5.75 Å². The monoisotopic (exact) mass is 358 g/mol. The number of benzene rings is 2. The Bertz CT molecular complexity index is 737. The third-order valence-electron chi connectivity index (χ3n) is 3.45. The summed E-state index contributed by atoms with van der Waals surface area (Å²) in [5, 5.41) is 6.36. The molecule has 1 amide bonds. The van der Waals surface area contributed by atoms with Gasteiger partial charge >= 0.3 is 0 Å². The minimum atomic E-state index is -0.252. The lowest BCUT2D eigenvalue weighted by atomic mass is 10.1. The summed E-state index contributed by atoms with van der Waals surface area (Å²) in [5.41, 5.74) is 8.05. The summed E-state index contributed by atoms with van der Waals surface area (Å²) in [6.07, 6.45) is 0.946. The minimum Gasteiger partial charge on any atom is -0.495 e. The quantitative estimate of drug-likeness (QED) is 0.470. The van der Waals surface area contributed by atoms with Crippen LogP contribution in [0.2, 0.25) is 0 Å². The average Bonchev–Trinajstić information content (AvgIpc) is 2.65. The van der Waals surface area contributed by atoms with E-state index in [1.54, 1.807) is 7.11 Å². The van der Waals surface area contributed by atoms with Crippen molar-refractivity contribution in [1.82, 2.24) is 10.9 Å². The van der Waals surface area contributed by atoms with Gasteiger partial charge in [0.25, 0.3) is 5.91 Å². The van der Waals surface area contributed by atoms with E-state index in [0.29, 0.717) is 10.9 Å². The summed E-state index contributed by atoms with van der Waals surface area (Å²) in [5.74, 6) is 0.425. The van der Waals surface area contributed by atoms with Crippen LogP contribution in [0, 0.1) is 0 Å². The number of para-hydroxylation sites is 2. The number of rotatable bonds is 6. The van der Waals surface area contributed by atoms with Crippen LogP contribution in [-0.2, 0) is 11.2 Å². The topological polar surface area (TPSA) is 74.4 Å². The Labute approximate surface area is 152 Å². The fraction of sp³-hybridized carbons (Fsp3) is 0.222. The molecule has 0 fully saturated rings. The van der Waals surface area contributed by atoms with Gasteiger partial charge in [0.15, 0.2) is 5.11 Å². The zero-order chi connectivity index (χ0) is 18.1. The van der Waals surface area contributed by atoms with Gasteiger partial charge in [-0.3, -0.25) is 15.6 Å². The summed E-state index contributed by atoms with van der Waals surface area (Å²) in [6, 6.07) is 15.3. The van der Waals surface area contributed by atoms with Gasteiger partial charge in [-0.05, 0) is 48.5 Å². The molecule has 25 heavy (non-hydrogen) atoms. The summed E-state index contributed by atoms with van der Waals surface area (Å²) < 4.78 is 5.22. The predicted octanol–water partition coefficient (Wildman–Crippen LogP) is 2.69. The molecule has 0 spiro atoms. The number of carbonyl (C=O) groups is 1. The van der Waals surface area contributed by atoms with Crippen LogP contribution in [0.3, 0.4) is 0 Å². The lowest BCUT2D eigenvalue weighted by Crippen LogP contribution is -2.45. The van der Waals surface area contributed by atoms with Gasteiger partial charge in [0, 0.05) is 5.69 Å². The van der Waals surface area contributed by atoms with Crippen LogP contribution in [0.5, 0.6) is 5.75 Å². The summed E-state index contributed by atoms with van der Waals surface area (Å²) >= 11 is 5.17. The maximum Gasteiger partial charge on any atom is 0.257 e. The third kappa shape index (κ3) is 5.96. The lowest BCUT2D eigenvalue weighted by Gasteiger charge is -2.13. The van der Waals surface area contributed by atoms with Crippen molar-refractivity contribution in [2.75, 3.05) is 24.3 Å². The van der Waals surface area contributed by atoms with Crippen molar-refractivity contribution >= 4 is 34.6 Å². The maximum atomic E-state index is 11.9. The highest BCUT2D eigenvalue weighted by Crippen LogP contribution is 2.22. The van der Waals surface area contributed by atoms with Crippen LogP contribution in [0.15, 0.2) is 48.5 Å². The number of aryl methyl sites for hydroxylation is 1. The summed E-state index contributed by atoms with van der Waals surface area (Å²) in [6.45, 7) is 2.17. The van der Waals surface area contributed by atoms with Crippen molar-refractivity contribution in [3.63, 3.8) is 0 Å². The molecule has 0 radical (unpaired) electrons. The Morgan fingerprint density at radius 1 is 1.12 bits per heavy atom. The molecule has 0 heterocycles. The van der Waals surface area contributed by atoms with Gasteiger partial charge in [0.05, 0.1) is 19.3 Å². The summed E-state index contributed by atoms with van der Waals surface area (Å²) in [4.78, 5) is 11.9. The van der Waals surface area contributed by atoms with Crippen molar-refractivity contribution in [3.05, 3.63) is 54.1 Å². The van der Waals surface area contributed by atoms with E-state index in [2.05, 4.69) is 28.4 Å². The second kappa shape index (κ2) is 9.48. The normalized spacial score (nSPS) is 9.84. The van der Waals surface area contributed by atoms with Gasteiger partial charge in [0.2, 0.25) is 0 Å². The molecule has 4 N–H and O–H groups in total. The molecule has 0 atom stereocenters. The molecule has 2 aromatic rings. The number of hydrazine groups is 1. The van der Waals surface area contributed by atoms with Crippen molar-refractivity contribution in [2.45, 2.75) is 13.3 Å². The number of carbonyl (C=O) groups excluding carboxylic acids is 1. The molecule has 0 saturated carbocycles. The smallest absolute Gasteiger partial charge is 0.257 e. The zero-order valence-corrected chi connectivity index (χ0v) is 15.1. The Kier molecular flexibility index (Phi) is 7.03. The summed E-state index contributed by atoms with van der Waals surface area (Å²) in [7, 11) is 1.58. The molecule has 7 heteroatoms. The number of hydrogen-bond acceptors (Lipinski definition) is 4. The van der Waals surface area contributed by atoms with Gasteiger partial charge in [-0.2, -0.15) is 0 Å². The SMILES string of the molecule is CCc1cccc(NC(=S)NNC(=O)CNc2ccccc2OC)c1. The molecule has 2 rings (SSSR count). The average molecular weight is 358 g/mol. The molecule has 0 aliphatic rings. The molecule has 0 aliphatic carbocycles. The molecule has 0 unspecified atom stereocenters. The van der Waals surface area contributed by atoms with Crippen LogP contribution in [0.4, 0.5) is 11.4 Å². The molecule has 0 aromatic heterocycles. The zero-order valence-electron chi connectivity index (χ0n) is 14.3. The van der Waals surface area contributed by atoms with E-state index in [1.165, 1.54) is 5.56 Å². The first-order valence-corrected chi connectivity index (χ1v) is 8.35. The molecule has 0 aliphatic heterocycles. The van der Waals surface area contributed by atoms with E-state index in [4.69, 9.17) is 17.0 Å². The second-order valence-electron chi connectivity index (χ2n) is 5.24. The van der Waals surface area contributed by atoms with Crippen LogP contribution < -0.4 is 26.2 Å². The highest BCUT2D eigenvalue weighted by Gasteiger charge is 2.05. The number of amides is 1. The standard InChI is InChI=1S/C18H22N4O2S/c1-3-13-7-6-8-14(11-13)20-18(25)22-21-17(23)12-19-15-9-4-5-10-16(15)24-2/h4-11,19H,3,12H2,1-2H3,(H,21,23)(H2,20,22,25). The number of methoxy groups -OCH3 is 1. The van der Waals surface area contributed by atoms with Crippen molar-refractivity contribution in [1.29, 1.82) is 0 Å². The van der Waals surface area contributed by atoms with Crippen molar-refractivity contribution < 1.29 is 9.53 Å². The number of nitrogens with one attached hydrogen (secondary N) is 4. The van der Waals surface area contributed by atoms with E-state index >= 15 is 0 Å². The largest absolute Gasteiger partial charge is 0.495 e. The number of anilines is 2. The minimum absolute atomic E-state index is 0.0846. The van der Waals surface area contributed by atoms with Gasteiger partial charge in [0.1, 0.15) is 5.75 Å². The molecule has 2 aromatic carbocycles. The fourth-order valence-electron chi connectivity index (χ4n) is 2.17. The second-order valence-corrected chi connectivity index (χ2v) is 5.64. The number of hydrogen-bond donors (Lipinski definition) is 4. The van der Waals surface area contributed by atoms with Gasteiger partial charge in [-0.25, -0.2) is 0 Å². The maximum absolute atomic E-state index is 11.9. The van der Waals surface area contributed by atoms with Crippen LogP contribution in [0.1, 0.15) is 12.5 Å². The lowest BCUT2D eigenvalue weighted by molar-refractivity contribution is -0.119. The Morgan fingerprint density at radius 2 is 1.92 bits per heavy atom. The Morgan fingerprint density at radius 3 is 2.68 bits per heavy atom. The highest BCUT2D eigenvalue weighted by molar-refractivity contribution is 7.80. The highest BCUT2D eigenvalue weighted by atomic mass is 32.1. The van der Waals surface area contributed by atoms with E-state index in [9.17, 15) is 4.79 Å². The van der Waals surface area contributed by atoms with Gasteiger partial charge in [-0.1, -0.05) is 31.2 Å². The van der Waals surface area contributed by atoms with Crippen LogP contribution >= 0.6 is 12.2 Å². The third-order valence-corrected chi connectivity index (χ3v) is 3.66. The molecule has 6 nitrogen and oxygen atoms in total. The fourth-order valence-corrected chi connectivity index (χ4v) is 2.34. The van der Waals surface area contributed by atoms with Gasteiger partial charge in [-0.15, -0.1) is 0 Å². The van der Waals surface area contributed by atoms with E-state index < -0.39 is 0 Å². The number of ether oxygens (including phenoxy) is 1. The Balaban J connectivity index is 1.76.